The highest BCUT2D eigenvalue weighted by atomic mass is 19.3. The minimum Gasteiger partial charge on any atom is -0.210 e. The predicted octanol–water partition coefficient (Wildman–Crippen LogP) is 3.22. The van der Waals surface area contributed by atoms with Gasteiger partial charge in [-0.3, -0.25) is 0 Å². The van der Waals surface area contributed by atoms with Gasteiger partial charge in [-0.25, -0.2) is 8.78 Å². The molecular weight excluding hydrogens is 134 g/mol. The van der Waals surface area contributed by atoms with E-state index in [4.69, 9.17) is 0 Å². The van der Waals surface area contributed by atoms with Crippen LogP contribution in [0, 0.1) is 5.41 Å². The maximum atomic E-state index is 12.3. The van der Waals surface area contributed by atoms with Crippen LogP contribution in [-0.4, -0.2) is 6.43 Å². The van der Waals surface area contributed by atoms with Gasteiger partial charge in [0, 0.05) is 5.41 Å². The highest BCUT2D eigenvalue weighted by Gasteiger charge is 2.35. The molecule has 1 rings (SSSR count). The van der Waals surface area contributed by atoms with E-state index in [-0.39, 0.29) is 0 Å². The summed E-state index contributed by atoms with van der Waals surface area (Å²) < 4.78 is 24.6. The highest BCUT2D eigenvalue weighted by Crippen LogP contribution is 2.40. The van der Waals surface area contributed by atoms with E-state index in [1.807, 2.05) is 0 Å². The van der Waals surface area contributed by atoms with Crippen molar-refractivity contribution in [2.45, 2.75) is 45.5 Å². The van der Waals surface area contributed by atoms with E-state index < -0.39 is 11.8 Å². The first-order valence-electron chi connectivity index (χ1n) is 3.93. The first-order chi connectivity index (χ1) is 4.65. The third-order valence-electron chi connectivity index (χ3n) is 2.52. The molecule has 2 heteroatoms. The van der Waals surface area contributed by atoms with Crippen molar-refractivity contribution in [3.63, 3.8) is 0 Å². The zero-order chi connectivity index (χ0) is 7.61. The number of halogens is 2. The molecule has 0 spiro atoms. The third-order valence-corrected chi connectivity index (χ3v) is 2.52. The molecule has 0 nitrogen and oxygen atoms in total. The normalized spacial score (nSPS) is 25.2. The van der Waals surface area contributed by atoms with Crippen LogP contribution in [0.1, 0.15) is 39.0 Å². The molecule has 0 heterocycles. The first kappa shape index (κ1) is 7.96. The summed E-state index contributed by atoms with van der Waals surface area (Å²) in [4.78, 5) is 0. The van der Waals surface area contributed by atoms with E-state index >= 15 is 0 Å². The van der Waals surface area contributed by atoms with Crippen LogP contribution in [0.5, 0.6) is 0 Å². The molecule has 0 aromatic carbocycles. The highest BCUT2D eigenvalue weighted by molar-refractivity contribution is 4.80. The van der Waals surface area contributed by atoms with Crippen LogP contribution in [0.4, 0.5) is 8.78 Å². The molecule has 0 amide bonds. The van der Waals surface area contributed by atoms with E-state index in [9.17, 15) is 8.78 Å². The molecule has 0 radical (unpaired) electrons. The van der Waals surface area contributed by atoms with Crippen LogP contribution >= 0.6 is 0 Å². The fourth-order valence-electron chi connectivity index (χ4n) is 1.58. The summed E-state index contributed by atoms with van der Waals surface area (Å²) in [6.07, 6.45) is 2.42. The van der Waals surface area contributed by atoms with Crippen LogP contribution in [-0.2, 0) is 0 Å². The number of hydrogen-bond acceptors (Lipinski definition) is 0. The van der Waals surface area contributed by atoms with E-state index in [1.54, 1.807) is 6.92 Å². The molecule has 1 fully saturated rings. The number of rotatable bonds is 1. The lowest BCUT2D eigenvalue weighted by Crippen LogP contribution is -2.28. The van der Waals surface area contributed by atoms with Crippen molar-refractivity contribution in [1.82, 2.24) is 0 Å². The summed E-state index contributed by atoms with van der Waals surface area (Å²) in [6.45, 7) is 1.71. The molecule has 0 bridgehead atoms. The third kappa shape index (κ3) is 1.47. The van der Waals surface area contributed by atoms with Crippen molar-refractivity contribution in [3.8, 4) is 0 Å². The van der Waals surface area contributed by atoms with Gasteiger partial charge in [-0.2, -0.15) is 0 Å². The topological polar surface area (TPSA) is 0 Å². The summed E-state index contributed by atoms with van der Waals surface area (Å²) in [5, 5.41) is 0. The van der Waals surface area contributed by atoms with Crippen molar-refractivity contribution in [2.24, 2.45) is 5.41 Å². The van der Waals surface area contributed by atoms with Crippen LogP contribution in [0.3, 0.4) is 0 Å². The second kappa shape index (κ2) is 2.85. The zero-order valence-electron chi connectivity index (χ0n) is 6.37. The Bertz CT molecular complexity index is 104. The molecule has 1 aliphatic rings. The summed E-state index contributed by atoms with van der Waals surface area (Å²) in [5.74, 6) is 0. The lowest BCUT2D eigenvalue weighted by atomic mass is 9.76. The molecule has 0 atom stereocenters. The van der Waals surface area contributed by atoms with Crippen LogP contribution in [0.25, 0.3) is 0 Å². The summed E-state index contributed by atoms with van der Waals surface area (Å²) in [6, 6.07) is 0. The Morgan fingerprint density at radius 3 is 1.90 bits per heavy atom. The number of alkyl halides is 2. The fraction of sp³-hybridized carbons (Fsp3) is 1.00. The van der Waals surface area contributed by atoms with Gasteiger partial charge >= 0.3 is 0 Å². The molecule has 1 saturated carbocycles. The largest absolute Gasteiger partial charge is 0.243 e. The van der Waals surface area contributed by atoms with Crippen molar-refractivity contribution in [2.75, 3.05) is 0 Å². The predicted molar refractivity (Wildman–Crippen MR) is 37.2 cm³/mol. The van der Waals surface area contributed by atoms with E-state index in [2.05, 4.69) is 0 Å². The Balaban J connectivity index is 2.48. The van der Waals surface area contributed by atoms with Crippen molar-refractivity contribution in [3.05, 3.63) is 0 Å². The summed E-state index contributed by atoms with van der Waals surface area (Å²) in [7, 11) is 0. The van der Waals surface area contributed by atoms with Gasteiger partial charge in [0.15, 0.2) is 0 Å². The lowest BCUT2D eigenvalue weighted by molar-refractivity contribution is -0.0176. The maximum absolute atomic E-state index is 12.3. The van der Waals surface area contributed by atoms with Crippen molar-refractivity contribution >= 4 is 0 Å². The van der Waals surface area contributed by atoms with E-state index in [1.165, 1.54) is 0 Å². The molecule has 0 unspecified atom stereocenters. The first-order valence-corrected chi connectivity index (χ1v) is 3.93. The molecule has 0 aromatic rings. The van der Waals surface area contributed by atoms with Crippen LogP contribution < -0.4 is 0 Å². The Hall–Kier alpha value is -0.140. The van der Waals surface area contributed by atoms with E-state index in [0.717, 1.165) is 19.3 Å². The minimum absolute atomic E-state index is 0.655. The Morgan fingerprint density at radius 1 is 1.10 bits per heavy atom. The van der Waals surface area contributed by atoms with Gasteiger partial charge in [-0.15, -0.1) is 0 Å². The fourth-order valence-corrected chi connectivity index (χ4v) is 1.58. The van der Waals surface area contributed by atoms with Crippen molar-refractivity contribution < 1.29 is 8.78 Å². The number of hydrogen-bond donors (Lipinski definition) is 0. The van der Waals surface area contributed by atoms with Crippen LogP contribution in [0.2, 0.25) is 0 Å². The van der Waals surface area contributed by atoms with Crippen molar-refractivity contribution in [1.29, 1.82) is 0 Å². The van der Waals surface area contributed by atoms with E-state index in [0.29, 0.717) is 12.8 Å². The smallest absolute Gasteiger partial charge is 0.210 e. The second-order valence-corrected chi connectivity index (χ2v) is 3.52. The molecule has 10 heavy (non-hydrogen) atoms. The van der Waals surface area contributed by atoms with Gasteiger partial charge in [-0.05, 0) is 12.8 Å². The van der Waals surface area contributed by atoms with Gasteiger partial charge in [-0.1, -0.05) is 26.2 Å². The lowest BCUT2D eigenvalue weighted by Gasteiger charge is -2.32. The van der Waals surface area contributed by atoms with Gasteiger partial charge < -0.3 is 0 Å². The molecule has 60 valence electrons. The summed E-state index contributed by atoms with van der Waals surface area (Å²) in [5.41, 5.74) is -0.655. The molecule has 0 N–H and O–H groups in total. The average Bonchev–Trinajstić information content (AvgIpc) is 1.89. The van der Waals surface area contributed by atoms with Gasteiger partial charge in [0.25, 0.3) is 0 Å². The Morgan fingerprint density at radius 2 is 1.60 bits per heavy atom. The standard InChI is InChI=1S/C8H14F2/c1-8(7(9)10)5-3-2-4-6-8/h7H,2-6H2,1H3. The van der Waals surface area contributed by atoms with Gasteiger partial charge in [0.2, 0.25) is 6.43 Å². The average molecular weight is 148 g/mol. The molecule has 0 aromatic heterocycles. The second-order valence-electron chi connectivity index (χ2n) is 3.52. The molecule has 1 aliphatic carbocycles. The maximum Gasteiger partial charge on any atom is 0.243 e. The minimum atomic E-state index is -2.12. The Labute approximate surface area is 60.6 Å². The monoisotopic (exact) mass is 148 g/mol. The SMILES string of the molecule is CC1(C(F)F)CCCCC1. The Kier molecular flexibility index (Phi) is 2.27. The van der Waals surface area contributed by atoms with Gasteiger partial charge in [0.05, 0.1) is 0 Å². The van der Waals surface area contributed by atoms with Crippen LogP contribution in [0.15, 0.2) is 0 Å². The van der Waals surface area contributed by atoms with Gasteiger partial charge in [0.1, 0.15) is 0 Å². The summed E-state index contributed by atoms with van der Waals surface area (Å²) >= 11 is 0. The zero-order valence-corrected chi connectivity index (χ0v) is 6.37. The molecule has 0 aliphatic heterocycles. The molecule has 0 saturated heterocycles. The molecular formula is C8H14F2. The quantitative estimate of drug-likeness (QED) is 0.535.